The van der Waals surface area contributed by atoms with Gasteiger partial charge in [-0.05, 0) is 68.9 Å². The lowest BCUT2D eigenvalue weighted by Crippen LogP contribution is -2.49. The second kappa shape index (κ2) is 8.29. The zero-order valence-electron chi connectivity index (χ0n) is 17.3. The van der Waals surface area contributed by atoms with E-state index < -0.39 is 0 Å². The Balaban J connectivity index is 1.35. The monoisotopic (exact) mass is 387 g/mol. The Morgan fingerprint density at radius 3 is 2.82 bits per heavy atom. The molecule has 0 saturated carbocycles. The van der Waals surface area contributed by atoms with Crippen LogP contribution in [-0.2, 0) is 11.2 Å². The average molecular weight is 388 g/mol. The number of carbonyl (C=O) groups excluding carboxylic acids is 1. The molecule has 1 atom stereocenters. The molecule has 28 heavy (non-hydrogen) atoms. The summed E-state index contributed by atoms with van der Waals surface area (Å²) in [6.45, 7) is 9.12. The summed E-state index contributed by atoms with van der Waals surface area (Å²) < 4.78 is 10.9. The Bertz CT molecular complexity index is 710. The van der Waals surface area contributed by atoms with Crippen LogP contribution in [0.2, 0.25) is 0 Å². The van der Waals surface area contributed by atoms with Crippen LogP contribution in [0.5, 0.6) is 11.5 Å². The SMILES string of the molecule is CN1CCCN(CC(=O)N2CCC[C@@](C)(Cc3ccc4c(c3)OCO4)C2)CC1. The highest BCUT2D eigenvalue weighted by molar-refractivity contribution is 5.78. The number of benzene rings is 1. The summed E-state index contributed by atoms with van der Waals surface area (Å²) >= 11 is 0. The molecule has 0 aliphatic carbocycles. The van der Waals surface area contributed by atoms with E-state index in [0.717, 1.165) is 76.5 Å². The number of ether oxygens (including phenoxy) is 2. The van der Waals surface area contributed by atoms with Crippen molar-refractivity contribution in [3.8, 4) is 11.5 Å². The predicted molar refractivity (Wildman–Crippen MR) is 109 cm³/mol. The predicted octanol–water partition coefficient (Wildman–Crippen LogP) is 2.22. The van der Waals surface area contributed by atoms with Crippen LogP contribution in [-0.4, -0.2) is 80.3 Å². The third-order valence-corrected chi connectivity index (χ3v) is 6.37. The highest BCUT2D eigenvalue weighted by Crippen LogP contribution is 2.37. The van der Waals surface area contributed by atoms with Gasteiger partial charge in [-0.1, -0.05) is 13.0 Å². The van der Waals surface area contributed by atoms with Crippen molar-refractivity contribution < 1.29 is 14.3 Å². The fraction of sp³-hybridized carbons (Fsp3) is 0.682. The van der Waals surface area contributed by atoms with Gasteiger partial charge in [-0.25, -0.2) is 0 Å². The Morgan fingerprint density at radius 1 is 1.07 bits per heavy atom. The molecule has 0 N–H and O–H groups in total. The minimum absolute atomic E-state index is 0.112. The lowest BCUT2D eigenvalue weighted by Gasteiger charge is -2.41. The molecule has 6 heteroatoms. The first kappa shape index (κ1) is 19.5. The van der Waals surface area contributed by atoms with Crippen molar-refractivity contribution in [2.24, 2.45) is 5.41 Å². The zero-order chi connectivity index (χ0) is 19.6. The number of fused-ring (bicyclic) bond motifs is 1. The number of nitrogens with zero attached hydrogens (tertiary/aromatic N) is 3. The largest absolute Gasteiger partial charge is 0.454 e. The summed E-state index contributed by atoms with van der Waals surface area (Å²) in [4.78, 5) is 19.8. The Kier molecular flexibility index (Phi) is 5.78. The minimum Gasteiger partial charge on any atom is -0.454 e. The van der Waals surface area contributed by atoms with E-state index in [2.05, 4.69) is 40.8 Å². The van der Waals surface area contributed by atoms with E-state index in [-0.39, 0.29) is 5.41 Å². The van der Waals surface area contributed by atoms with E-state index in [1.54, 1.807) is 0 Å². The van der Waals surface area contributed by atoms with Crippen LogP contribution in [0, 0.1) is 5.41 Å². The van der Waals surface area contributed by atoms with Gasteiger partial charge in [0.15, 0.2) is 11.5 Å². The second-order valence-corrected chi connectivity index (χ2v) is 9.03. The Morgan fingerprint density at radius 2 is 1.93 bits per heavy atom. The van der Waals surface area contributed by atoms with Crippen LogP contribution in [0.4, 0.5) is 0 Å². The smallest absolute Gasteiger partial charge is 0.236 e. The maximum atomic E-state index is 13.0. The van der Waals surface area contributed by atoms with E-state index in [1.165, 1.54) is 5.56 Å². The first-order valence-corrected chi connectivity index (χ1v) is 10.6. The van der Waals surface area contributed by atoms with Crippen LogP contribution in [0.3, 0.4) is 0 Å². The van der Waals surface area contributed by atoms with Gasteiger partial charge < -0.3 is 19.3 Å². The van der Waals surface area contributed by atoms with Gasteiger partial charge in [0, 0.05) is 26.2 Å². The number of likely N-dealkylation sites (N-methyl/N-ethyl adjacent to an activating group) is 1. The molecule has 3 aliphatic heterocycles. The topological polar surface area (TPSA) is 45.2 Å². The minimum atomic E-state index is 0.112. The summed E-state index contributed by atoms with van der Waals surface area (Å²) in [6, 6.07) is 6.23. The molecule has 154 valence electrons. The van der Waals surface area contributed by atoms with E-state index >= 15 is 0 Å². The molecule has 0 spiro atoms. The quantitative estimate of drug-likeness (QED) is 0.793. The molecule has 1 aromatic rings. The van der Waals surface area contributed by atoms with E-state index in [1.807, 2.05) is 6.07 Å². The standard InChI is InChI=1S/C22H33N3O3/c1-22(14-18-5-6-19-20(13-18)28-17-27-19)7-3-10-25(16-22)21(26)15-24-9-4-8-23(2)11-12-24/h5-6,13H,3-4,7-12,14-17H2,1-2H3/t22-/m0/s1. The van der Waals surface area contributed by atoms with Crippen molar-refractivity contribution in [2.45, 2.75) is 32.6 Å². The number of hydrogen-bond acceptors (Lipinski definition) is 5. The van der Waals surface area contributed by atoms with Gasteiger partial charge in [0.05, 0.1) is 6.54 Å². The number of rotatable bonds is 4. The molecule has 2 saturated heterocycles. The molecule has 0 aromatic heterocycles. The van der Waals surface area contributed by atoms with Gasteiger partial charge in [-0.2, -0.15) is 0 Å². The molecular formula is C22H33N3O3. The molecule has 3 aliphatic rings. The normalized spacial score (nSPS) is 26.3. The summed E-state index contributed by atoms with van der Waals surface area (Å²) in [7, 11) is 2.16. The molecule has 4 rings (SSSR count). The fourth-order valence-corrected chi connectivity index (χ4v) is 4.77. The van der Waals surface area contributed by atoms with Gasteiger partial charge in [-0.15, -0.1) is 0 Å². The van der Waals surface area contributed by atoms with Crippen molar-refractivity contribution in [2.75, 3.05) is 59.7 Å². The Labute approximate surface area is 168 Å². The molecule has 0 radical (unpaired) electrons. The molecule has 1 aromatic carbocycles. The van der Waals surface area contributed by atoms with Crippen LogP contribution in [0.25, 0.3) is 0 Å². The summed E-state index contributed by atoms with van der Waals surface area (Å²) in [5.41, 5.74) is 1.37. The van der Waals surface area contributed by atoms with Gasteiger partial charge in [0.1, 0.15) is 0 Å². The van der Waals surface area contributed by atoms with Crippen LogP contribution >= 0.6 is 0 Å². The highest BCUT2D eigenvalue weighted by atomic mass is 16.7. The highest BCUT2D eigenvalue weighted by Gasteiger charge is 2.34. The number of likely N-dealkylation sites (tertiary alicyclic amines) is 1. The first-order valence-electron chi connectivity index (χ1n) is 10.6. The number of piperidine rings is 1. The summed E-state index contributed by atoms with van der Waals surface area (Å²) in [6.07, 6.45) is 4.34. The van der Waals surface area contributed by atoms with E-state index in [9.17, 15) is 4.79 Å². The average Bonchev–Trinajstić information content (AvgIpc) is 3.03. The van der Waals surface area contributed by atoms with Crippen LogP contribution < -0.4 is 9.47 Å². The second-order valence-electron chi connectivity index (χ2n) is 9.03. The first-order chi connectivity index (χ1) is 13.5. The maximum absolute atomic E-state index is 13.0. The van der Waals surface area contributed by atoms with E-state index in [4.69, 9.17) is 9.47 Å². The number of carbonyl (C=O) groups is 1. The molecule has 2 fully saturated rings. The maximum Gasteiger partial charge on any atom is 0.236 e. The van der Waals surface area contributed by atoms with Crippen molar-refractivity contribution in [3.63, 3.8) is 0 Å². The van der Waals surface area contributed by atoms with Gasteiger partial charge in [-0.3, -0.25) is 9.69 Å². The molecule has 0 bridgehead atoms. The third-order valence-electron chi connectivity index (χ3n) is 6.37. The van der Waals surface area contributed by atoms with Gasteiger partial charge in [0.25, 0.3) is 0 Å². The zero-order valence-corrected chi connectivity index (χ0v) is 17.3. The molecule has 3 heterocycles. The summed E-state index contributed by atoms with van der Waals surface area (Å²) in [5, 5.41) is 0. The lowest BCUT2D eigenvalue weighted by atomic mass is 9.77. The van der Waals surface area contributed by atoms with Crippen molar-refractivity contribution in [3.05, 3.63) is 23.8 Å². The van der Waals surface area contributed by atoms with Gasteiger partial charge >= 0.3 is 0 Å². The van der Waals surface area contributed by atoms with E-state index in [0.29, 0.717) is 19.2 Å². The molecule has 0 unspecified atom stereocenters. The Hall–Kier alpha value is -1.79. The van der Waals surface area contributed by atoms with Crippen molar-refractivity contribution in [1.82, 2.24) is 14.7 Å². The van der Waals surface area contributed by atoms with Crippen molar-refractivity contribution in [1.29, 1.82) is 0 Å². The van der Waals surface area contributed by atoms with Crippen LogP contribution in [0.1, 0.15) is 31.7 Å². The third kappa shape index (κ3) is 4.61. The number of hydrogen-bond donors (Lipinski definition) is 0. The summed E-state index contributed by atoms with van der Waals surface area (Å²) in [5.74, 6) is 1.97. The molecule has 1 amide bonds. The lowest BCUT2D eigenvalue weighted by molar-refractivity contribution is -0.135. The number of amides is 1. The molecule has 6 nitrogen and oxygen atoms in total. The van der Waals surface area contributed by atoms with Gasteiger partial charge in [0.2, 0.25) is 12.7 Å². The van der Waals surface area contributed by atoms with Crippen molar-refractivity contribution >= 4 is 5.91 Å². The fourth-order valence-electron chi connectivity index (χ4n) is 4.77. The molecular weight excluding hydrogens is 354 g/mol. The van der Waals surface area contributed by atoms with Crippen LogP contribution in [0.15, 0.2) is 18.2 Å².